The lowest BCUT2D eigenvalue weighted by Crippen LogP contribution is -2.03. The first kappa shape index (κ1) is 10.7. The van der Waals surface area contributed by atoms with Crippen molar-refractivity contribution in [2.75, 3.05) is 0 Å². The largest absolute Gasteiger partial charge is 0.337 e. The van der Waals surface area contributed by atoms with Crippen molar-refractivity contribution in [3.05, 3.63) is 52.3 Å². The van der Waals surface area contributed by atoms with E-state index in [1.54, 1.807) is 6.07 Å². The van der Waals surface area contributed by atoms with Crippen molar-refractivity contribution in [2.24, 2.45) is 5.73 Å². The van der Waals surface area contributed by atoms with E-state index in [1.807, 2.05) is 24.3 Å². The highest BCUT2D eigenvalue weighted by molar-refractivity contribution is 5.79. The number of aromatic nitrogens is 3. The predicted octanol–water partition coefficient (Wildman–Crippen LogP) is 1.38. The first-order valence-electron chi connectivity index (χ1n) is 5.65. The van der Waals surface area contributed by atoms with Crippen LogP contribution in [-0.2, 0) is 6.54 Å². The minimum absolute atomic E-state index is 0.143. The molecule has 0 spiro atoms. The van der Waals surface area contributed by atoms with Crippen LogP contribution in [0.1, 0.15) is 5.56 Å². The fraction of sp³-hybridized carbons (Fsp3) is 0.0769. The summed E-state index contributed by atoms with van der Waals surface area (Å²) >= 11 is 0. The number of H-pyrrole nitrogens is 2. The van der Waals surface area contributed by atoms with Crippen LogP contribution in [0.4, 0.5) is 0 Å². The minimum Gasteiger partial charge on any atom is -0.337 e. The van der Waals surface area contributed by atoms with Crippen LogP contribution in [0.25, 0.3) is 22.6 Å². The maximum Gasteiger partial charge on any atom is 0.248 e. The molecule has 3 aromatic rings. The molecule has 18 heavy (non-hydrogen) atoms. The van der Waals surface area contributed by atoms with Crippen LogP contribution >= 0.6 is 0 Å². The standard InChI is InChI=1S/C13H12N4O/c14-7-8-4-5-9-11(6-8)17-13(16-9)10-2-1-3-12(18)15-10/h1-6H,7,14H2,(H,15,18)(H,16,17). The van der Waals surface area contributed by atoms with Gasteiger partial charge in [0.15, 0.2) is 5.82 Å². The second-order valence-electron chi connectivity index (χ2n) is 4.07. The molecule has 5 nitrogen and oxygen atoms in total. The van der Waals surface area contributed by atoms with E-state index in [0.717, 1.165) is 16.6 Å². The summed E-state index contributed by atoms with van der Waals surface area (Å²) in [6.07, 6.45) is 0. The number of hydrogen-bond acceptors (Lipinski definition) is 3. The van der Waals surface area contributed by atoms with Crippen LogP contribution in [0.3, 0.4) is 0 Å². The molecule has 0 aliphatic rings. The molecule has 0 aliphatic heterocycles. The number of aromatic amines is 2. The molecule has 2 heterocycles. The Balaban J connectivity index is 2.16. The van der Waals surface area contributed by atoms with E-state index in [2.05, 4.69) is 15.0 Å². The van der Waals surface area contributed by atoms with Gasteiger partial charge in [-0.3, -0.25) is 4.79 Å². The van der Waals surface area contributed by atoms with Crippen molar-refractivity contribution in [1.29, 1.82) is 0 Å². The molecule has 90 valence electrons. The summed E-state index contributed by atoms with van der Waals surface area (Å²) in [6.45, 7) is 0.493. The number of hydrogen-bond donors (Lipinski definition) is 3. The van der Waals surface area contributed by atoms with Gasteiger partial charge in [-0.25, -0.2) is 4.98 Å². The summed E-state index contributed by atoms with van der Waals surface area (Å²) in [5, 5.41) is 0. The molecular weight excluding hydrogens is 228 g/mol. The van der Waals surface area contributed by atoms with Gasteiger partial charge in [0, 0.05) is 12.6 Å². The van der Waals surface area contributed by atoms with Crippen LogP contribution in [0.15, 0.2) is 41.2 Å². The maximum atomic E-state index is 11.3. The number of nitrogens with one attached hydrogen (secondary N) is 2. The third-order valence-corrected chi connectivity index (χ3v) is 2.81. The molecule has 0 saturated heterocycles. The van der Waals surface area contributed by atoms with Crippen molar-refractivity contribution < 1.29 is 0 Å². The van der Waals surface area contributed by atoms with E-state index in [0.29, 0.717) is 18.1 Å². The monoisotopic (exact) mass is 240 g/mol. The SMILES string of the molecule is NCc1ccc2nc(-c3cccc(=O)[nH]3)[nH]c2c1. The van der Waals surface area contributed by atoms with Crippen molar-refractivity contribution in [1.82, 2.24) is 15.0 Å². The van der Waals surface area contributed by atoms with E-state index < -0.39 is 0 Å². The van der Waals surface area contributed by atoms with Crippen LogP contribution in [0, 0.1) is 0 Å². The van der Waals surface area contributed by atoms with Gasteiger partial charge in [0.25, 0.3) is 0 Å². The zero-order chi connectivity index (χ0) is 12.5. The Labute approximate surface area is 103 Å². The van der Waals surface area contributed by atoms with Gasteiger partial charge in [-0.1, -0.05) is 12.1 Å². The van der Waals surface area contributed by atoms with E-state index in [1.165, 1.54) is 6.07 Å². The Morgan fingerprint density at radius 1 is 1.17 bits per heavy atom. The molecule has 0 atom stereocenters. The summed E-state index contributed by atoms with van der Waals surface area (Å²) in [5.74, 6) is 0.650. The molecule has 0 amide bonds. The third-order valence-electron chi connectivity index (χ3n) is 2.81. The fourth-order valence-corrected chi connectivity index (χ4v) is 1.90. The fourth-order valence-electron chi connectivity index (χ4n) is 1.90. The first-order valence-corrected chi connectivity index (χ1v) is 5.65. The highest BCUT2D eigenvalue weighted by Crippen LogP contribution is 2.18. The highest BCUT2D eigenvalue weighted by Gasteiger charge is 2.06. The van der Waals surface area contributed by atoms with Crippen LogP contribution in [-0.4, -0.2) is 15.0 Å². The second kappa shape index (κ2) is 4.12. The van der Waals surface area contributed by atoms with Crippen LogP contribution in [0.5, 0.6) is 0 Å². The van der Waals surface area contributed by atoms with Gasteiger partial charge in [-0.15, -0.1) is 0 Å². The van der Waals surface area contributed by atoms with Crippen molar-refractivity contribution in [3.63, 3.8) is 0 Å². The maximum absolute atomic E-state index is 11.3. The molecule has 5 heteroatoms. The van der Waals surface area contributed by atoms with Crippen molar-refractivity contribution >= 4 is 11.0 Å². The van der Waals surface area contributed by atoms with E-state index in [-0.39, 0.29) is 5.56 Å². The highest BCUT2D eigenvalue weighted by atomic mass is 16.1. The molecule has 0 radical (unpaired) electrons. The van der Waals surface area contributed by atoms with Gasteiger partial charge in [0.2, 0.25) is 5.56 Å². The quantitative estimate of drug-likeness (QED) is 0.632. The van der Waals surface area contributed by atoms with E-state index in [4.69, 9.17) is 5.73 Å². The summed E-state index contributed by atoms with van der Waals surface area (Å²) in [6, 6.07) is 10.8. The molecule has 0 saturated carbocycles. The number of imidazole rings is 1. The number of pyridine rings is 1. The van der Waals surface area contributed by atoms with Crippen molar-refractivity contribution in [2.45, 2.75) is 6.54 Å². The first-order chi connectivity index (χ1) is 8.76. The second-order valence-corrected chi connectivity index (χ2v) is 4.07. The van der Waals surface area contributed by atoms with Gasteiger partial charge in [-0.2, -0.15) is 0 Å². The summed E-state index contributed by atoms with van der Waals surface area (Å²) < 4.78 is 0. The van der Waals surface area contributed by atoms with Crippen molar-refractivity contribution in [3.8, 4) is 11.5 Å². The predicted molar refractivity (Wildman–Crippen MR) is 70.0 cm³/mol. The Morgan fingerprint density at radius 2 is 2.06 bits per heavy atom. The van der Waals surface area contributed by atoms with E-state index >= 15 is 0 Å². The number of rotatable bonds is 2. The van der Waals surface area contributed by atoms with Gasteiger partial charge in [0.05, 0.1) is 16.7 Å². The zero-order valence-electron chi connectivity index (χ0n) is 9.60. The lowest BCUT2D eigenvalue weighted by atomic mass is 10.2. The smallest absolute Gasteiger partial charge is 0.248 e. The van der Waals surface area contributed by atoms with E-state index in [9.17, 15) is 4.79 Å². The van der Waals surface area contributed by atoms with Gasteiger partial charge in [0.1, 0.15) is 0 Å². The molecule has 0 aliphatic carbocycles. The average molecular weight is 240 g/mol. The van der Waals surface area contributed by atoms with Crippen LogP contribution in [0.2, 0.25) is 0 Å². The van der Waals surface area contributed by atoms with Gasteiger partial charge in [-0.05, 0) is 23.8 Å². The molecule has 0 fully saturated rings. The summed E-state index contributed by atoms with van der Waals surface area (Å²) in [7, 11) is 0. The molecule has 2 aromatic heterocycles. The topological polar surface area (TPSA) is 87.6 Å². The Kier molecular flexibility index (Phi) is 2.46. The summed E-state index contributed by atoms with van der Waals surface area (Å²) in [5.41, 5.74) is 8.94. The number of nitrogens with two attached hydrogens (primary N) is 1. The number of fused-ring (bicyclic) bond motifs is 1. The number of benzene rings is 1. The Bertz CT molecular complexity index is 757. The molecular formula is C13H12N4O. The van der Waals surface area contributed by atoms with Crippen LogP contribution < -0.4 is 11.3 Å². The lowest BCUT2D eigenvalue weighted by molar-refractivity contribution is 1.07. The zero-order valence-corrected chi connectivity index (χ0v) is 9.60. The number of nitrogens with zero attached hydrogens (tertiary/aromatic N) is 1. The lowest BCUT2D eigenvalue weighted by Gasteiger charge is -1.94. The summed E-state index contributed by atoms with van der Waals surface area (Å²) in [4.78, 5) is 21.6. The molecule has 1 aromatic carbocycles. The molecule has 0 unspecified atom stereocenters. The normalized spacial score (nSPS) is 10.9. The van der Waals surface area contributed by atoms with Gasteiger partial charge >= 0.3 is 0 Å². The van der Waals surface area contributed by atoms with Gasteiger partial charge < -0.3 is 15.7 Å². The minimum atomic E-state index is -0.143. The average Bonchev–Trinajstić information content (AvgIpc) is 2.81. The Morgan fingerprint density at radius 3 is 2.83 bits per heavy atom. The molecule has 4 N–H and O–H groups in total. The third kappa shape index (κ3) is 1.80. The molecule has 0 bridgehead atoms. The Hall–Kier alpha value is -2.40. The molecule has 3 rings (SSSR count).